The molecule has 1 aliphatic heterocycles. The number of rotatable bonds is 7. The van der Waals surface area contributed by atoms with Gasteiger partial charge in [0.1, 0.15) is 6.04 Å². The van der Waals surface area contributed by atoms with Crippen LogP contribution in [0.4, 0.5) is 0 Å². The molecule has 1 aromatic rings. The smallest absolute Gasteiger partial charge is 0.241 e. The maximum atomic E-state index is 13.1. The van der Waals surface area contributed by atoms with Crippen LogP contribution in [-0.2, 0) is 19.6 Å². The number of nitrogens with zero attached hydrogens (tertiary/aromatic N) is 2. The number of nitrogens with one attached hydrogen (secondary N) is 1. The lowest BCUT2D eigenvalue weighted by atomic mass is 10.00. The van der Waals surface area contributed by atoms with Gasteiger partial charge < -0.3 is 9.80 Å². The van der Waals surface area contributed by atoms with Crippen LogP contribution in [0.25, 0.3) is 0 Å². The summed E-state index contributed by atoms with van der Waals surface area (Å²) < 4.78 is 28.3. The summed E-state index contributed by atoms with van der Waals surface area (Å²) in [5.74, 6) is -0.0253. The Kier molecular flexibility index (Phi) is 7.82. The molecule has 2 amide bonds. The minimum absolute atomic E-state index is 0.0123. The third kappa shape index (κ3) is 6.27. The van der Waals surface area contributed by atoms with E-state index < -0.39 is 16.1 Å². The Hall–Kier alpha value is -1.93. The molecule has 0 bridgehead atoms. The van der Waals surface area contributed by atoms with Crippen molar-refractivity contribution in [1.29, 1.82) is 0 Å². The molecule has 0 spiro atoms. The lowest BCUT2D eigenvalue weighted by molar-refractivity contribution is -0.136. The summed E-state index contributed by atoms with van der Waals surface area (Å²) in [5.41, 5.74) is 0.970. The van der Waals surface area contributed by atoms with E-state index in [4.69, 9.17) is 0 Å². The summed E-state index contributed by atoms with van der Waals surface area (Å²) in [5, 5.41) is 0. The highest BCUT2D eigenvalue weighted by Crippen LogP contribution is 2.19. The molecule has 1 fully saturated rings. The van der Waals surface area contributed by atoms with E-state index in [0.29, 0.717) is 32.4 Å². The summed E-state index contributed by atoms with van der Waals surface area (Å²) in [7, 11) is -2.01. The molecule has 2 rings (SSSR count). The number of benzene rings is 1. The molecule has 0 aromatic heterocycles. The van der Waals surface area contributed by atoms with Crippen LogP contribution < -0.4 is 4.72 Å². The van der Waals surface area contributed by atoms with E-state index >= 15 is 0 Å². The van der Waals surface area contributed by atoms with Crippen molar-refractivity contribution in [1.82, 2.24) is 14.5 Å². The molecule has 162 valence electrons. The molecular formula is C21H33N3O4S. The van der Waals surface area contributed by atoms with Gasteiger partial charge >= 0.3 is 0 Å². The van der Waals surface area contributed by atoms with Gasteiger partial charge in [0.2, 0.25) is 21.8 Å². The van der Waals surface area contributed by atoms with Gasteiger partial charge in [-0.15, -0.1) is 0 Å². The normalized spacial score (nSPS) is 16.7. The van der Waals surface area contributed by atoms with E-state index in [-0.39, 0.29) is 28.7 Å². The van der Waals surface area contributed by atoms with Crippen molar-refractivity contribution >= 4 is 21.8 Å². The van der Waals surface area contributed by atoms with Crippen molar-refractivity contribution in [2.45, 2.75) is 63.9 Å². The molecule has 29 heavy (non-hydrogen) atoms. The SMILES string of the molecule is CC(=O)N(C)C1CCN(C(=O)[C@@H](CC(C)C)NS(=O)(=O)c2ccc(C)cc2)CC1. The van der Waals surface area contributed by atoms with Crippen molar-refractivity contribution < 1.29 is 18.0 Å². The Morgan fingerprint density at radius 2 is 1.72 bits per heavy atom. The van der Waals surface area contributed by atoms with Gasteiger partial charge in [-0.05, 0) is 44.2 Å². The molecule has 1 saturated heterocycles. The fraction of sp³-hybridized carbons (Fsp3) is 0.619. The average Bonchev–Trinajstić information content (AvgIpc) is 2.66. The average molecular weight is 424 g/mol. The lowest BCUT2D eigenvalue weighted by Gasteiger charge is -2.38. The number of hydrogen-bond donors (Lipinski definition) is 1. The Balaban J connectivity index is 2.10. The first-order valence-electron chi connectivity index (χ1n) is 10.1. The first-order valence-corrected chi connectivity index (χ1v) is 11.6. The predicted octanol–water partition coefficient (Wildman–Crippen LogP) is 2.16. The molecule has 1 N–H and O–H groups in total. The number of amides is 2. The van der Waals surface area contributed by atoms with E-state index in [9.17, 15) is 18.0 Å². The predicted molar refractivity (Wildman–Crippen MR) is 113 cm³/mol. The summed E-state index contributed by atoms with van der Waals surface area (Å²) in [6.45, 7) is 8.39. The van der Waals surface area contributed by atoms with Crippen molar-refractivity contribution in [2.24, 2.45) is 5.92 Å². The number of carbonyl (C=O) groups excluding carboxylic acids is 2. The third-order valence-electron chi connectivity index (χ3n) is 5.45. The van der Waals surface area contributed by atoms with Crippen LogP contribution in [-0.4, -0.2) is 62.3 Å². The van der Waals surface area contributed by atoms with Crippen molar-refractivity contribution in [2.75, 3.05) is 20.1 Å². The van der Waals surface area contributed by atoms with Crippen LogP contribution in [0.3, 0.4) is 0 Å². The number of sulfonamides is 1. The Labute approximate surface area is 174 Å². The third-order valence-corrected chi connectivity index (χ3v) is 6.94. The van der Waals surface area contributed by atoms with Gasteiger partial charge in [0.05, 0.1) is 4.90 Å². The zero-order valence-electron chi connectivity index (χ0n) is 18.0. The lowest BCUT2D eigenvalue weighted by Crippen LogP contribution is -2.53. The highest BCUT2D eigenvalue weighted by atomic mass is 32.2. The number of aryl methyl sites for hydroxylation is 1. The molecule has 1 aromatic carbocycles. The molecule has 1 heterocycles. The second kappa shape index (κ2) is 9.71. The van der Waals surface area contributed by atoms with Crippen LogP contribution in [0.5, 0.6) is 0 Å². The zero-order chi connectivity index (χ0) is 21.8. The fourth-order valence-electron chi connectivity index (χ4n) is 3.59. The second-order valence-electron chi connectivity index (χ2n) is 8.30. The number of hydrogen-bond acceptors (Lipinski definition) is 4. The molecule has 1 atom stereocenters. The maximum Gasteiger partial charge on any atom is 0.241 e. The van der Waals surface area contributed by atoms with E-state index in [2.05, 4.69) is 4.72 Å². The molecule has 7 nitrogen and oxygen atoms in total. The quantitative estimate of drug-likeness (QED) is 0.728. The van der Waals surface area contributed by atoms with E-state index in [1.807, 2.05) is 20.8 Å². The Bertz CT molecular complexity index is 813. The van der Waals surface area contributed by atoms with Gasteiger partial charge in [0, 0.05) is 33.1 Å². The minimum Gasteiger partial charge on any atom is -0.343 e. The largest absolute Gasteiger partial charge is 0.343 e. The van der Waals surface area contributed by atoms with Crippen molar-refractivity contribution in [3.05, 3.63) is 29.8 Å². The molecule has 1 aliphatic rings. The van der Waals surface area contributed by atoms with Gasteiger partial charge in [-0.1, -0.05) is 31.5 Å². The topological polar surface area (TPSA) is 86.8 Å². The summed E-state index contributed by atoms with van der Waals surface area (Å²) in [6.07, 6.45) is 1.82. The van der Waals surface area contributed by atoms with Gasteiger partial charge in [-0.25, -0.2) is 8.42 Å². The van der Waals surface area contributed by atoms with E-state index in [1.165, 1.54) is 6.92 Å². The standard InChI is InChI=1S/C21H33N3O4S/c1-15(2)14-20(22-29(27,28)19-8-6-16(3)7-9-19)21(26)24-12-10-18(11-13-24)23(5)17(4)25/h6-9,15,18,20,22H,10-14H2,1-5H3/t20-/m1/s1. The highest BCUT2D eigenvalue weighted by Gasteiger charge is 2.33. The number of piperidine rings is 1. The zero-order valence-corrected chi connectivity index (χ0v) is 18.8. The molecule has 0 radical (unpaired) electrons. The van der Waals surface area contributed by atoms with Crippen LogP contribution >= 0.6 is 0 Å². The molecular weight excluding hydrogens is 390 g/mol. The van der Waals surface area contributed by atoms with Crippen LogP contribution in [0.2, 0.25) is 0 Å². The van der Waals surface area contributed by atoms with Crippen molar-refractivity contribution in [3.8, 4) is 0 Å². The Morgan fingerprint density at radius 1 is 1.17 bits per heavy atom. The molecule has 0 aliphatic carbocycles. The van der Waals surface area contributed by atoms with E-state index in [1.54, 1.807) is 41.1 Å². The fourth-order valence-corrected chi connectivity index (χ4v) is 4.80. The molecule has 0 unspecified atom stereocenters. The van der Waals surface area contributed by atoms with Crippen molar-refractivity contribution in [3.63, 3.8) is 0 Å². The monoisotopic (exact) mass is 423 g/mol. The summed E-state index contributed by atoms with van der Waals surface area (Å²) in [6, 6.07) is 5.90. The highest BCUT2D eigenvalue weighted by molar-refractivity contribution is 7.89. The molecule has 8 heteroatoms. The van der Waals surface area contributed by atoms with E-state index in [0.717, 1.165) is 5.56 Å². The number of likely N-dealkylation sites (tertiary alicyclic amines) is 1. The van der Waals surface area contributed by atoms with Crippen LogP contribution in [0.1, 0.15) is 45.6 Å². The van der Waals surface area contributed by atoms with Gasteiger partial charge in [-0.2, -0.15) is 4.72 Å². The summed E-state index contributed by atoms with van der Waals surface area (Å²) in [4.78, 5) is 28.3. The second-order valence-corrected chi connectivity index (χ2v) is 10.0. The Morgan fingerprint density at radius 3 is 2.21 bits per heavy atom. The maximum absolute atomic E-state index is 13.1. The summed E-state index contributed by atoms with van der Waals surface area (Å²) >= 11 is 0. The van der Waals surface area contributed by atoms with Gasteiger partial charge in [-0.3, -0.25) is 9.59 Å². The first-order chi connectivity index (χ1) is 13.5. The molecule has 0 saturated carbocycles. The van der Waals surface area contributed by atoms with Gasteiger partial charge in [0.25, 0.3) is 0 Å². The van der Waals surface area contributed by atoms with Crippen LogP contribution in [0, 0.1) is 12.8 Å². The number of carbonyl (C=O) groups is 2. The van der Waals surface area contributed by atoms with Gasteiger partial charge in [0.15, 0.2) is 0 Å². The first kappa shape index (κ1) is 23.3. The van der Waals surface area contributed by atoms with Crippen LogP contribution in [0.15, 0.2) is 29.2 Å². The minimum atomic E-state index is -3.79.